The van der Waals surface area contributed by atoms with Gasteiger partial charge in [-0.3, -0.25) is 14.4 Å². The standard InChI is InChI=1S/C28H49N3O6/c1-5-26(32)29-16-12-21-36-23-25(37-22-14-17-30-27(33)6-2)15-10-8-7-9-11-19-35-20-13-18-31-28(34)24(3)4/h5-6,25H,1-3,7-23H2,4H3,(H,29,32)(H,30,33)(H,31,34). The molecule has 0 radical (unpaired) electrons. The van der Waals surface area contributed by atoms with Gasteiger partial charge in [-0.15, -0.1) is 0 Å². The molecule has 0 fully saturated rings. The number of carbonyl (C=O) groups is 3. The first-order valence-corrected chi connectivity index (χ1v) is 13.4. The van der Waals surface area contributed by atoms with E-state index in [1.54, 1.807) is 6.92 Å². The van der Waals surface area contributed by atoms with Crippen LogP contribution in [0.25, 0.3) is 0 Å². The van der Waals surface area contributed by atoms with E-state index in [1.165, 1.54) is 12.2 Å². The second-order valence-corrected chi connectivity index (χ2v) is 8.82. The lowest BCUT2D eigenvalue weighted by Gasteiger charge is -2.18. The molecule has 0 aromatic heterocycles. The van der Waals surface area contributed by atoms with Gasteiger partial charge in [-0.2, -0.15) is 0 Å². The van der Waals surface area contributed by atoms with E-state index in [9.17, 15) is 14.4 Å². The summed E-state index contributed by atoms with van der Waals surface area (Å²) in [4.78, 5) is 33.8. The summed E-state index contributed by atoms with van der Waals surface area (Å²) in [5.41, 5.74) is 0.520. The van der Waals surface area contributed by atoms with Crippen molar-refractivity contribution in [3.8, 4) is 0 Å². The molecule has 0 aliphatic carbocycles. The maximum atomic E-state index is 11.4. The van der Waals surface area contributed by atoms with Crippen LogP contribution in [0.15, 0.2) is 37.5 Å². The van der Waals surface area contributed by atoms with Crippen LogP contribution in [0.2, 0.25) is 0 Å². The van der Waals surface area contributed by atoms with E-state index in [1.807, 2.05) is 0 Å². The van der Waals surface area contributed by atoms with E-state index >= 15 is 0 Å². The molecule has 1 unspecified atom stereocenters. The van der Waals surface area contributed by atoms with E-state index in [0.717, 1.165) is 64.4 Å². The van der Waals surface area contributed by atoms with Crippen LogP contribution in [0.1, 0.15) is 64.7 Å². The predicted molar refractivity (Wildman–Crippen MR) is 147 cm³/mol. The van der Waals surface area contributed by atoms with E-state index in [2.05, 4.69) is 35.7 Å². The molecule has 0 saturated carbocycles. The average Bonchev–Trinajstić information content (AvgIpc) is 2.89. The fourth-order valence-electron chi connectivity index (χ4n) is 3.23. The van der Waals surface area contributed by atoms with Gasteiger partial charge in [0.25, 0.3) is 0 Å². The van der Waals surface area contributed by atoms with Crippen molar-refractivity contribution in [1.82, 2.24) is 16.0 Å². The van der Waals surface area contributed by atoms with Crippen LogP contribution in [0.3, 0.4) is 0 Å². The van der Waals surface area contributed by atoms with E-state index in [0.29, 0.717) is 51.6 Å². The average molecular weight is 524 g/mol. The van der Waals surface area contributed by atoms with Gasteiger partial charge in [0.2, 0.25) is 17.7 Å². The zero-order valence-electron chi connectivity index (χ0n) is 22.8. The summed E-state index contributed by atoms with van der Waals surface area (Å²) < 4.78 is 17.4. The lowest BCUT2D eigenvalue weighted by Crippen LogP contribution is -2.26. The molecule has 0 aliphatic heterocycles. The smallest absolute Gasteiger partial charge is 0.246 e. The Kier molecular flexibility index (Phi) is 23.5. The molecular weight excluding hydrogens is 474 g/mol. The third-order valence-electron chi connectivity index (χ3n) is 5.37. The molecule has 0 rings (SSSR count). The van der Waals surface area contributed by atoms with Gasteiger partial charge in [0, 0.05) is 51.6 Å². The molecule has 0 spiro atoms. The fourth-order valence-corrected chi connectivity index (χ4v) is 3.23. The molecule has 212 valence electrons. The molecule has 9 heteroatoms. The fraction of sp³-hybridized carbons (Fsp3) is 0.679. The number of nitrogens with one attached hydrogen (secondary N) is 3. The summed E-state index contributed by atoms with van der Waals surface area (Å²) in [6.45, 7) is 16.9. The van der Waals surface area contributed by atoms with Crippen molar-refractivity contribution in [2.24, 2.45) is 0 Å². The number of rotatable bonds is 26. The van der Waals surface area contributed by atoms with Crippen LogP contribution in [-0.4, -0.2) is 76.5 Å². The molecule has 3 amide bonds. The highest BCUT2D eigenvalue weighted by Crippen LogP contribution is 2.11. The summed E-state index contributed by atoms with van der Waals surface area (Å²) >= 11 is 0. The Morgan fingerprint density at radius 2 is 1.22 bits per heavy atom. The first kappa shape index (κ1) is 34.5. The summed E-state index contributed by atoms with van der Waals surface area (Å²) in [6.07, 6.45) is 11.1. The molecule has 0 heterocycles. The molecule has 0 aromatic rings. The molecule has 0 saturated heterocycles. The van der Waals surface area contributed by atoms with Crippen LogP contribution in [-0.2, 0) is 28.6 Å². The highest BCUT2D eigenvalue weighted by molar-refractivity contribution is 5.92. The third kappa shape index (κ3) is 23.6. The Labute approximate surface area is 223 Å². The van der Waals surface area contributed by atoms with Crippen molar-refractivity contribution in [2.75, 3.05) is 52.7 Å². The van der Waals surface area contributed by atoms with Gasteiger partial charge in [-0.05, 0) is 51.2 Å². The van der Waals surface area contributed by atoms with E-state index in [4.69, 9.17) is 14.2 Å². The molecule has 0 aromatic carbocycles. The van der Waals surface area contributed by atoms with Gasteiger partial charge in [-0.25, -0.2) is 0 Å². The van der Waals surface area contributed by atoms with Crippen molar-refractivity contribution in [3.05, 3.63) is 37.5 Å². The molecule has 37 heavy (non-hydrogen) atoms. The van der Waals surface area contributed by atoms with Crippen molar-refractivity contribution < 1.29 is 28.6 Å². The van der Waals surface area contributed by atoms with Crippen LogP contribution >= 0.6 is 0 Å². The highest BCUT2D eigenvalue weighted by Gasteiger charge is 2.10. The van der Waals surface area contributed by atoms with Crippen LogP contribution in [0.5, 0.6) is 0 Å². The quantitative estimate of drug-likeness (QED) is 0.118. The van der Waals surface area contributed by atoms with Crippen molar-refractivity contribution in [1.29, 1.82) is 0 Å². The molecule has 3 N–H and O–H groups in total. The van der Waals surface area contributed by atoms with Crippen LogP contribution < -0.4 is 16.0 Å². The minimum Gasteiger partial charge on any atom is -0.381 e. The Balaban J connectivity index is 3.91. The molecular formula is C28H49N3O6. The first-order valence-electron chi connectivity index (χ1n) is 13.4. The summed E-state index contributed by atoms with van der Waals surface area (Å²) in [5.74, 6) is -0.466. The number of hydrogen-bond donors (Lipinski definition) is 3. The van der Waals surface area contributed by atoms with Gasteiger partial charge < -0.3 is 30.2 Å². The number of hydrogen-bond acceptors (Lipinski definition) is 6. The zero-order chi connectivity index (χ0) is 27.6. The second kappa shape index (κ2) is 25.2. The Morgan fingerprint density at radius 1 is 0.703 bits per heavy atom. The zero-order valence-corrected chi connectivity index (χ0v) is 22.8. The monoisotopic (exact) mass is 523 g/mol. The minimum atomic E-state index is -0.180. The van der Waals surface area contributed by atoms with Crippen LogP contribution in [0.4, 0.5) is 0 Å². The Bertz CT molecular complexity index is 668. The highest BCUT2D eigenvalue weighted by atomic mass is 16.5. The summed E-state index contributed by atoms with van der Waals surface area (Å²) in [6, 6.07) is 0. The lowest BCUT2D eigenvalue weighted by molar-refractivity contribution is -0.118. The van der Waals surface area contributed by atoms with Crippen molar-refractivity contribution in [3.63, 3.8) is 0 Å². The first-order chi connectivity index (χ1) is 17.9. The number of carbonyl (C=O) groups excluding carboxylic acids is 3. The number of ether oxygens (including phenoxy) is 3. The van der Waals surface area contributed by atoms with Gasteiger partial charge in [-0.1, -0.05) is 45.4 Å². The van der Waals surface area contributed by atoms with Gasteiger partial charge >= 0.3 is 0 Å². The molecule has 0 aliphatic rings. The van der Waals surface area contributed by atoms with Gasteiger partial charge in [0.05, 0.1) is 12.7 Å². The van der Waals surface area contributed by atoms with E-state index < -0.39 is 0 Å². The van der Waals surface area contributed by atoms with Crippen molar-refractivity contribution >= 4 is 17.7 Å². The number of unbranched alkanes of at least 4 members (excludes halogenated alkanes) is 4. The molecule has 9 nitrogen and oxygen atoms in total. The SMILES string of the molecule is C=CC(=O)NCCCOCC(CCCCCCCOCCCNC(=O)C(=C)C)OCCCNC(=O)C=C. The van der Waals surface area contributed by atoms with Gasteiger partial charge in [0.1, 0.15) is 0 Å². The summed E-state index contributed by atoms with van der Waals surface area (Å²) in [7, 11) is 0. The van der Waals surface area contributed by atoms with Crippen molar-refractivity contribution in [2.45, 2.75) is 70.8 Å². The molecule has 1 atom stereocenters. The largest absolute Gasteiger partial charge is 0.381 e. The third-order valence-corrected chi connectivity index (χ3v) is 5.37. The minimum absolute atomic E-state index is 0.00609. The lowest BCUT2D eigenvalue weighted by atomic mass is 10.1. The van der Waals surface area contributed by atoms with E-state index in [-0.39, 0.29) is 23.8 Å². The van der Waals surface area contributed by atoms with Gasteiger partial charge in [0.15, 0.2) is 0 Å². The Hall–Kier alpha value is -2.49. The Morgan fingerprint density at radius 3 is 1.84 bits per heavy atom. The second-order valence-electron chi connectivity index (χ2n) is 8.82. The maximum Gasteiger partial charge on any atom is 0.246 e. The predicted octanol–water partition coefficient (Wildman–Crippen LogP) is 3.21. The number of amides is 3. The maximum absolute atomic E-state index is 11.4. The molecule has 0 bridgehead atoms. The normalized spacial score (nSPS) is 11.4. The van der Waals surface area contributed by atoms with Crippen LogP contribution in [0, 0.1) is 0 Å². The topological polar surface area (TPSA) is 115 Å². The summed E-state index contributed by atoms with van der Waals surface area (Å²) in [5, 5.41) is 8.27.